The lowest BCUT2D eigenvalue weighted by Gasteiger charge is -2.34. The Kier molecular flexibility index (Phi) is 4.09. The van der Waals surface area contributed by atoms with Crippen LogP contribution in [0.4, 0.5) is 4.79 Å². The number of para-hydroxylation sites is 1. The van der Waals surface area contributed by atoms with E-state index in [0.29, 0.717) is 5.92 Å². The number of rotatable bonds is 1. The zero-order chi connectivity index (χ0) is 16.6. The lowest BCUT2D eigenvalue weighted by Crippen LogP contribution is -2.42. The summed E-state index contributed by atoms with van der Waals surface area (Å²) in [5.41, 5.74) is 2.11. The Morgan fingerprint density at radius 1 is 1.26 bits per heavy atom. The number of aryl methyl sites for hydroxylation is 1. The van der Waals surface area contributed by atoms with Crippen LogP contribution in [0.5, 0.6) is 0 Å². The predicted octanol–water partition coefficient (Wildman–Crippen LogP) is 4.29. The molecule has 1 aromatic heterocycles. The normalized spacial score (nSPS) is 19.1. The van der Waals surface area contributed by atoms with Crippen LogP contribution in [0.15, 0.2) is 30.3 Å². The molecule has 4 heteroatoms. The Balaban J connectivity index is 1.80. The Hall–Kier alpha value is -1.97. The van der Waals surface area contributed by atoms with Crippen LogP contribution < -0.4 is 0 Å². The zero-order valence-electron chi connectivity index (χ0n) is 14.5. The highest BCUT2D eigenvalue weighted by Crippen LogP contribution is 2.31. The molecule has 1 aromatic carbocycles. The van der Waals surface area contributed by atoms with Gasteiger partial charge in [-0.1, -0.05) is 18.2 Å². The summed E-state index contributed by atoms with van der Waals surface area (Å²) in [6, 6.07) is 10.7. The van der Waals surface area contributed by atoms with Crippen LogP contribution in [0, 0.1) is 0 Å². The lowest BCUT2D eigenvalue weighted by molar-refractivity contribution is 0.0196. The third-order valence-corrected chi connectivity index (χ3v) is 4.48. The summed E-state index contributed by atoms with van der Waals surface area (Å²) in [7, 11) is 2.12. The van der Waals surface area contributed by atoms with Gasteiger partial charge in [0.1, 0.15) is 5.60 Å². The number of carbonyl (C=O) groups is 1. The van der Waals surface area contributed by atoms with E-state index in [1.165, 1.54) is 16.6 Å². The van der Waals surface area contributed by atoms with Crippen molar-refractivity contribution in [2.75, 3.05) is 13.1 Å². The summed E-state index contributed by atoms with van der Waals surface area (Å²) in [6.07, 6.45) is 1.94. The Morgan fingerprint density at radius 3 is 2.70 bits per heavy atom. The van der Waals surface area contributed by atoms with Crippen molar-refractivity contribution in [2.24, 2.45) is 7.05 Å². The maximum Gasteiger partial charge on any atom is 0.410 e. The SMILES string of the molecule is Cn1c(C2CCCN(C(=O)OC(C)(C)C)C2)cc2ccccc21. The lowest BCUT2D eigenvalue weighted by atomic mass is 9.95. The van der Waals surface area contributed by atoms with Gasteiger partial charge < -0.3 is 14.2 Å². The minimum Gasteiger partial charge on any atom is -0.444 e. The smallest absolute Gasteiger partial charge is 0.410 e. The number of nitrogens with zero attached hydrogens (tertiary/aromatic N) is 2. The first-order valence-electron chi connectivity index (χ1n) is 8.37. The molecular weight excluding hydrogens is 288 g/mol. The van der Waals surface area contributed by atoms with Gasteiger partial charge in [0, 0.05) is 37.3 Å². The van der Waals surface area contributed by atoms with Crippen LogP contribution in [-0.4, -0.2) is 34.3 Å². The van der Waals surface area contributed by atoms with Crippen molar-refractivity contribution in [3.05, 3.63) is 36.0 Å². The van der Waals surface area contributed by atoms with E-state index in [0.717, 1.165) is 25.9 Å². The molecule has 1 amide bonds. The fourth-order valence-corrected chi connectivity index (χ4v) is 3.41. The summed E-state index contributed by atoms with van der Waals surface area (Å²) in [6.45, 7) is 7.26. The average Bonchev–Trinajstić information content (AvgIpc) is 2.83. The maximum absolute atomic E-state index is 12.3. The molecule has 124 valence electrons. The highest BCUT2D eigenvalue weighted by Gasteiger charge is 2.29. The van der Waals surface area contributed by atoms with Gasteiger partial charge in [-0.3, -0.25) is 0 Å². The molecule has 1 saturated heterocycles. The standard InChI is InChI=1S/C19H26N2O2/c1-19(2,3)23-18(22)21-11-7-9-15(13-21)17-12-14-8-5-6-10-16(14)20(17)4/h5-6,8,10,12,15H,7,9,11,13H2,1-4H3. The van der Waals surface area contributed by atoms with Crippen molar-refractivity contribution in [1.29, 1.82) is 0 Å². The van der Waals surface area contributed by atoms with Crippen molar-refractivity contribution in [2.45, 2.75) is 45.1 Å². The second-order valence-corrected chi connectivity index (χ2v) is 7.45. The van der Waals surface area contributed by atoms with E-state index in [9.17, 15) is 4.79 Å². The molecule has 2 heterocycles. The van der Waals surface area contributed by atoms with Gasteiger partial charge in [0.25, 0.3) is 0 Å². The van der Waals surface area contributed by atoms with Crippen molar-refractivity contribution in [3.63, 3.8) is 0 Å². The number of ether oxygens (including phenoxy) is 1. The third-order valence-electron chi connectivity index (χ3n) is 4.48. The summed E-state index contributed by atoms with van der Waals surface area (Å²) < 4.78 is 7.79. The molecule has 0 bridgehead atoms. The van der Waals surface area contributed by atoms with E-state index >= 15 is 0 Å². The van der Waals surface area contributed by atoms with Crippen molar-refractivity contribution in [3.8, 4) is 0 Å². The maximum atomic E-state index is 12.3. The largest absolute Gasteiger partial charge is 0.444 e. The van der Waals surface area contributed by atoms with Gasteiger partial charge in [0.15, 0.2) is 0 Å². The van der Waals surface area contributed by atoms with Gasteiger partial charge in [-0.15, -0.1) is 0 Å². The average molecular weight is 314 g/mol. The first-order valence-corrected chi connectivity index (χ1v) is 8.37. The molecule has 0 aliphatic carbocycles. The summed E-state index contributed by atoms with van der Waals surface area (Å²) in [5.74, 6) is 0.369. The van der Waals surface area contributed by atoms with E-state index < -0.39 is 5.60 Å². The second-order valence-electron chi connectivity index (χ2n) is 7.45. The van der Waals surface area contributed by atoms with Crippen LogP contribution in [-0.2, 0) is 11.8 Å². The van der Waals surface area contributed by atoms with Crippen LogP contribution in [0.2, 0.25) is 0 Å². The Bertz CT molecular complexity index is 712. The van der Waals surface area contributed by atoms with Crippen LogP contribution >= 0.6 is 0 Å². The Morgan fingerprint density at radius 2 is 2.00 bits per heavy atom. The van der Waals surface area contributed by atoms with Gasteiger partial charge in [-0.25, -0.2) is 4.79 Å². The number of aromatic nitrogens is 1. The summed E-state index contributed by atoms with van der Waals surface area (Å²) >= 11 is 0. The van der Waals surface area contributed by atoms with Crippen molar-refractivity contribution >= 4 is 17.0 Å². The third kappa shape index (κ3) is 3.36. The van der Waals surface area contributed by atoms with Gasteiger partial charge >= 0.3 is 6.09 Å². The number of likely N-dealkylation sites (tertiary alicyclic amines) is 1. The van der Waals surface area contributed by atoms with Crippen LogP contribution in [0.25, 0.3) is 10.9 Å². The molecule has 1 aliphatic heterocycles. The molecular formula is C19H26N2O2. The van der Waals surface area contributed by atoms with Crippen molar-refractivity contribution < 1.29 is 9.53 Å². The molecule has 3 rings (SSSR count). The molecule has 1 fully saturated rings. The zero-order valence-corrected chi connectivity index (χ0v) is 14.5. The molecule has 0 saturated carbocycles. The number of benzene rings is 1. The quantitative estimate of drug-likeness (QED) is 0.787. The molecule has 1 unspecified atom stereocenters. The molecule has 0 radical (unpaired) electrons. The van der Waals surface area contributed by atoms with Crippen LogP contribution in [0.1, 0.15) is 45.2 Å². The minimum atomic E-state index is -0.441. The molecule has 1 aliphatic rings. The fourth-order valence-electron chi connectivity index (χ4n) is 3.41. The molecule has 2 aromatic rings. The Labute approximate surface area is 138 Å². The van der Waals surface area contributed by atoms with E-state index in [2.05, 4.69) is 41.9 Å². The van der Waals surface area contributed by atoms with Gasteiger partial charge in [-0.2, -0.15) is 0 Å². The highest BCUT2D eigenvalue weighted by molar-refractivity contribution is 5.81. The first kappa shape index (κ1) is 15.9. The molecule has 0 spiro atoms. The number of amides is 1. The molecule has 0 N–H and O–H groups in total. The number of fused-ring (bicyclic) bond motifs is 1. The highest BCUT2D eigenvalue weighted by atomic mass is 16.6. The fraction of sp³-hybridized carbons (Fsp3) is 0.526. The van der Waals surface area contributed by atoms with E-state index in [-0.39, 0.29) is 6.09 Å². The molecule has 23 heavy (non-hydrogen) atoms. The second kappa shape index (κ2) is 5.91. The van der Waals surface area contributed by atoms with Crippen molar-refractivity contribution in [1.82, 2.24) is 9.47 Å². The molecule has 1 atom stereocenters. The summed E-state index contributed by atoms with van der Waals surface area (Å²) in [5, 5.41) is 1.26. The van der Waals surface area contributed by atoms with Gasteiger partial charge in [-0.05, 0) is 51.1 Å². The number of carbonyl (C=O) groups excluding carboxylic acids is 1. The summed E-state index contributed by atoms with van der Waals surface area (Å²) in [4.78, 5) is 14.2. The number of piperidine rings is 1. The van der Waals surface area contributed by atoms with Crippen LogP contribution in [0.3, 0.4) is 0 Å². The number of hydrogen-bond acceptors (Lipinski definition) is 2. The van der Waals surface area contributed by atoms with Gasteiger partial charge in [0.2, 0.25) is 0 Å². The van der Waals surface area contributed by atoms with E-state index in [4.69, 9.17) is 4.74 Å². The number of hydrogen-bond donors (Lipinski definition) is 0. The monoisotopic (exact) mass is 314 g/mol. The van der Waals surface area contributed by atoms with E-state index in [1.807, 2.05) is 25.7 Å². The first-order chi connectivity index (χ1) is 10.8. The van der Waals surface area contributed by atoms with Gasteiger partial charge in [0.05, 0.1) is 0 Å². The predicted molar refractivity (Wildman–Crippen MR) is 92.7 cm³/mol. The van der Waals surface area contributed by atoms with E-state index in [1.54, 1.807) is 0 Å². The minimum absolute atomic E-state index is 0.194. The topological polar surface area (TPSA) is 34.5 Å². The molecule has 4 nitrogen and oxygen atoms in total.